The summed E-state index contributed by atoms with van der Waals surface area (Å²) in [6.07, 6.45) is 2.15. The maximum Gasteiger partial charge on any atom is 0.255 e. The summed E-state index contributed by atoms with van der Waals surface area (Å²) in [7, 11) is -3.67. The standard InChI is InChI=1S/C25H27N3O4S/c29-25(21-8-7-19-5-1-2-6-20(19)17-21)26-23-18-22(9-10-24(23)27-11-3-4-12-27)33(30,31)28-13-15-32-16-14-28/h1-2,5-10,17-18H,3-4,11-16H2,(H,26,29). The summed E-state index contributed by atoms with van der Waals surface area (Å²) in [6, 6.07) is 18.5. The van der Waals surface area contributed by atoms with Crippen molar-refractivity contribution in [2.75, 3.05) is 49.6 Å². The van der Waals surface area contributed by atoms with Crippen LogP contribution in [0.1, 0.15) is 23.2 Å². The zero-order valence-electron chi connectivity index (χ0n) is 18.4. The monoisotopic (exact) mass is 465 g/mol. The van der Waals surface area contributed by atoms with Crippen molar-refractivity contribution in [2.24, 2.45) is 0 Å². The molecule has 0 aromatic heterocycles. The second-order valence-electron chi connectivity index (χ2n) is 8.41. The van der Waals surface area contributed by atoms with Crippen molar-refractivity contribution >= 4 is 38.1 Å². The van der Waals surface area contributed by atoms with Gasteiger partial charge in [-0.3, -0.25) is 4.79 Å². The van der Waals surface area contributed by atoms with E-state index in [0.29, 0.717) is 37.6 Å². The van der Waals surface area contributed by atoms with Crippen molar-refractivity contribution in [3.05, 3.63) is 66.2 Å². The molecule has 0 aliphatic carbocycles. The molecule has 0 unspecified atom stereocenters. The average molecular weight is 466 g/mol. The van der Waals surface area contributed by atoms with Crippen LogP contribution in [0.15, 0.2) is 65.6 Å². The lowest BCUT2D eigenvalue weighted by atomic mass is 10.1. The second-order valence-corrected chi connectivity index (χ2v) is 10.3. The van der Waals surface area contributed by atoms with Crippen LogP contribution in [0.3, 0.4) is 0 Å². The molecule has 0 bridgehead atoms. The molecule has 0 spiro atoms. The minimum atomic E-state index is -3.67. The fourth-order valence-corrected chi connectivity index (χ4v) is 5.91. The van der Waals surface area contributed by atoms with Crippen molar-refractivity contribution in [1.82, 2.24) is 4.31 Å². The molecule has 7 nitrogen and oxygen atoms in total. The molecular weight excluding hydrogens is 438 g/mol. The summed E-state index contributed by atoms with van der Waals surface area (Å²) >= 11 is 0. The molecule has 0 atom stereocenters. The molecule has 0 saturated carbocycles. The number of rotatable bonds is 5. The minimum absolute atomic E-state index is 0.182. The van der Waals surface area contributed by atoms with Gasteiger partial charge in [0, 0.05) is 31.7 Å². The number of fused-ring (bicyclic) bond motifs is 1. The van der Waals surface area contributed by atoms with E-state index >= 15 is 0 Å². The van der Waals surface area contributed by atoms with E-state index in [2.05, 4.69) is 10.2 Å². The van der Waals surface area contributed by atoms with Gasteiger partial charge in [-0.05, 0) is 53.9 Å². The summed E-state index contributed by atoms with van der Waals surface area (Å²) in [5, 5.41) is 5.04. The largest absolute Gasteiger partial charge is 0.379 e. The Hall–Kier alpha value is -2.94. The van der Waals surface area contributed by atoms with Crippen LogP contribution in [0, 0.1) is 0 Å². The van der Waals surface area contributed by atoms with Gasteiger partial charge in [0.25, 0.3) is 5.91 Å². The number of amides is 1. The van der Waals surface area contributed by atoms with Gasteiger partial charge < -0.3 is 15.0 Å². The predicted molar refractivity (Wildman–Crippen MR) is 129 cm³/mol. The second kappa shape index (κ2) is 9.13. The number of ether oxygens (including phenoxy) is 1. The molecule has 3 aromatic rings. The lowest BCUT2D eigenvalue weighted by Crippen LogP contribution is -2.40. The van der Waals surface area contributed by atoms with E-state index < -0.39 is 10.0 Å². The van der Waals surface area contributed by atoms with E-state index in [9.17, 15) is 13.2 Å². The first-order valence-corrected chi connectivity index (χ1v) is 12.7. The SMILES string of the molecule is O=C(Nc1cc(S(=O)(=O)N2CCOCC2)ccc1N1CCCC1)c1ccc2ccccc2c1. The number of morpholine rings is 1. The van der Waals surface area contributed by atoms with Crippen molar-refractivity contribution in [3.8, 4) is 0 Å². The number of carbonyl (C=O) groups excluding carboxylic acids is 1. The molecule has 1 amide bonds. The molecule has 2 heterocycles. The fraction of sp³-hybridized carbons (Fsp3) is 0.320. The van der Waals surface area contributed by atoms with Crippen LogP contribution in [0.2, 0.25) is 0 Å². The maximum atomic E-state index is 13.2. The third-order valence-corrected chi connectivity index (χ3v) is 8.18. The third-order valence-electron chi connectivity index (χ3n) is 6.28. The number of nitrogens with one attached hydrogen (secondary N) is 1. The van der Waals surface area contributed by atoms with E-state index in [1.54, 1.807) is 18.2 Å². The molecule has 3 aromatic carbocycles. The zero-order valence-corrected chi connectivity index (χ0v) is 19.2. The Morgan fingerprint density at radius 2 is 1.58 bits per heavy atom. The van der Waals surface area contributed by atoms with E-state index in [1.165, 1.54) is 4.31 Å². The number of carbonyl (C=O) groups is 1. The number of benzene rings is 3. The van der Waals surface area contributed by atoms with E-state index in [0.717, 1.165) is 42.4 Å². The first kappa shape index (κ1) is 21.9. The molecule has 8 heteroatoms. The Morgan fingerprint density at radius 1 is 0.848 bits per heavy atom. The zero-order chi connectivity index (χ0) is 22.8. The van der Waals surface area contributed by atoms with Crippen LogP contribution in [-0.2, 0) is 14.8 Å². The van der Waals surface area contributed by atoms with Gasteiger partial charge in [0.15, 0.2) is 0 Å². The van der Waals surface area contributed by atoms with Gasteiger partial charge >= 0.3 is 0 Å². The van der Waals surface area contributed by atoms with Crippen LogP contribution < -0.4 is 10.2 Å². The summed E-state index contributed by atoms with van der Waals surface area (Å²) in [5.41, 5.74) is 1.90. The molecule has 1 N–H and O–H groups in total. The van der Waals surface area contributed by atoms with Gasteiger partial charge in [-0.15, -0.1) is 0 Å². The summed E-state index contributed by atoms with van der Waals surface area (Å²) < 4.78 is 33.2. The molecular formula is C25H27N3O4S. The summed E-state index contributed by atoms with van der Waals surface area (Å²) in [6.45, 7) is 3.19. The molecule has 2 fully saturated rings. The van der Waals surface area contributed by atoms with Gasteiger partial charge in [0.1, 0.15) is 0 Å². The Labute approximate surface area is 194 Å². The third kappa shape index (κ3) is 4.46. The van der Waals surface area contributed by atoms with Crippen LogP contribution in [0.5, 0.6) is 0 Å². The van der Waals surface area contributed by atoms with E-state index in [-0.39, 0.29) is 10.8 Å². The van der Waals surface area contributed by atoms with Crippen LogP contribution in [0.25, 0.3) is 10.8 Å². The topological polar surface area (TPSA) is 79.0 Å². The average Bonchev–Trinajstić information content (AvgIpc) is 3.39. The van der Waals surface area contributed by atoms with Crippen molar-refractivity contribution in [2.45, 2.75) is 17.7 Å². The number of hydrogen-bond donors (Lipinski definition) is 1. The van der Waals surface area contributed by atoms with Gasteiger partial charge in [-0.2, -0.15) is 4.31 Å². The molecule has 5 rings (SSSR count). The predicted octanol–water partition coefficient (Wildman–Crippen LogP) is 3.71. The van der Waals surface area contributed by atoms with Gasteiger partial charge in [0.2, 0.25) is 10.0 Å². The first-order valence-electron chi connectivity index (χ1n) is 11.3. The van der Waals surface area contributed by atoms with E-state index in [1.807, 2.05) is 42.5 Å². The maximum absolute atomic E-state index is 13.2. The van der Waals surface area contributed by atoms with Crippen LogP contribution in [0.4, 0.5) is 11.4 Å². The Kier molecular flexibility index (Phi) is 6.05. The summed E-state index contributed by atoms with van der Waals surface area (Å²) in [5.74, 6) is -0.262. The molecule has 172 valence electrons. The quantitative estimate of drug-likeness (QED) is 0.622. The smallest absolute Gasteiger partial charge is 0.255 e. The Bertz CT molecular complexity index is 1280. The highest BCUT2D eigenvalue weighted by Crippen LogP contribution is 2.33. The van der Waals surface area contributed by atoms with Crippen molar-refractivity contribution in [3.63, 3.8) is 0 Å². The van der Waals surface area contributed by atoms with Gasteiger partial charge in [-0.1, -0.05) is 30.3 Å². The van der Waals surface area contributed by atoms with Crippen molar-refractivity contribution in [1.29, 1.82) is 0 Å². The molecule has 2 aliphatic heterocycles. The molecule has 2 saturated heterocycles. The Balaban J connectivity index is 1.49. The van der Waals surface area contributed by atoms with Gasteiger partial charge in [0.05, 0.1) is 29.5 Å². The number of anilines is 2. The molecule has 33 heavy (non-hydrogen) atoms. The normalized spacial score (nSPS) is 17.4. The van der Waals surface area contributed by atoms with Gasteiger partial charge in [-0.25, -0.2) is 8.42 Å². The lowest BCUT2D eigenvalue weighted by molar-refractivity contribution is 0.0730. The highest BCUT2D eigenvalue weighted by atomic mass is 32.2. The molecule has 0 radical (unpaired) electrons. The lowest BCUT2D eigenvalue weighted by Gasteiger charge is -2.27. The van der Waals surface area contributed by atoms with Crippen molar-refractivity contribution < 1.29 is 17.9 Å². The number of sulfonamides is 1. The minimum Gasteiger partial charge on any atom is -0.379 e. The molecule has 2 aliphatic rings. The first-order chi connectivity index (χ1) is 16.0. The highest BCUT2D eigenvalue weighted by Gasteiger charge is 2.28. The van der Waals surface area contributed by atoms with Crippen LogP contribution >= 0.6 is 0 Å². The summed E-state index contributed by atoms with van der Waals surface area (Å²) in [4.78, 5) is 15.6. The Morgan fingerprint density at radius 3 is 2.33 bits per heavy atom. The van der Waals surface area contributed by atoms with E-state index in [4.69, 9.17) is 4.74 Å². The number of nitrogens with zero attached hydrogens (tertiary/aromatic N) is 2. The number of hydrogen-bond acceptors (Lipinski definition) is 5. The van der Waals surface area contributed by atoms with Crippen LogP contribution in [-0.4, -0.2) is 58.0 Å². The fourth-order valence-electron chi connectivity index (χ4n) is 4.47. The highest BCUT2D eigenvalue weighted by molar-refractivity contribution is 7.89.